The molecule has 3 amide bonds. The molecule has 2 heterocycles. The highest BCUT2D eigenvalue weighted by molar-refractivity contribution is 5.99. The number of fused-ring (bicyclic) bond motifs is 1. The van der Waals surface area contributed by atoms with Gasteiger partial charge in [0.25, 0.3) is 0 Å². The fraction of sp³-hybridized carbons (Fsp3) is 0.150. The number of nitrogens with zero attached hydrogens (tertiary/aromatic N) is 1. The van der Waals surface area contributed by atoms with Crippen molar-refractivity contribution in [2.24, 2.45) is 0 Å². The van der Waals surface area contributed by atoms with Crippen LogP contribution in [0.25, 0.3) is 0 Å². The van der Waals surface area contributed by atoms with Crippen LogP contribution in [-0.4, -0.2) is 22.1 Å². The summed E-state index contributed by atoms with van der Waals surface area (Å²) >= 11 is 0. The van der Waals surface area contributed by atoms with E-state index in [4.69, 9.17) is 0 Å². The first-order valence-corrected chi connectivity index (χ1v) is 8.66. The van der Waals surface area contributed by atoms with Gasteiger partial charge in [-0.1, -0.05) is 24.3 Å². The maximum atomic E-state index is 12.2. The van der Waals surface area contributed by atoms with E-state index in [2.05, 4.69) is 26.1 Å². The van der Waals surface area contributed by atoms with Crippen LogP contribution in [0, 0.1) is 6.92 Å². The van der Waals surface area contributed by atoms with Crippen LogP contribution in [0.3, 0.4) is 0 Å². The van der Waals surface area contributed by atoms with E-state index >= 15 is 0 Å². The number of rotatable bonds is 3. The number of nitrogens with one attached hydrogen (secondary N) is 4. The minimum Gasteiger partial charge on any atom is -0.311 e. The van der Waals surface area contributed by atoms with E-state index < -0.39 is 0 Å². The minimum absolute atomic E-state index is 0.0449. The maximum Gasteiger partial charge on any atom is 0.323 e. The molecular formula is C20H19N5O2. The maximum absolute atomic E-state index is 12.2. The quantitative estimate of drug-likeness (QED) is 0.570. The van der Waals surface area contributed by atoms with Crippen LogP contribution in [-0.2, 0) is 4.79 Å². The van der Waals surface area contributed by atoms with E-state index in [1.54, 1.807) is 6.20 Å². The molecule has 0 fully saturated rings. The summed E-state index contributed by atoms with van der Waals surface area (Å²) < 4.78 is 0. The summed E-state index contributed by atoms with van der Waals surface area (Å²) in [5.41, 5.74) is 4.46. The standard InChI is InChI=1S/C20H19N5O2/c1-12-3-2-4-15(9-12)23-20(27)22-14-7-5-13(6-8-14)16-10-18(26)24-19-17(16)11-21-25-19/h2-9,11,16H,10H2,1H3,(H2,22,23,27)(H2,21,24,25,26). The van der Waals surface area contributed by atoms with Crippen molar-refractivity contribution in [2.75, 3.05) is 16.0 Å². The molecule has 1 unspecified atom stereocenters. The number of aromatic amines is 1. The third-order valence-corrected chi connectivity index (χ3v) is 4.54. The van der Waals surface area contributed by atoms with Crippen LogP contribution >= 0.6 is 0 Å². The van der Waals surface area contributed by atoms with Gasteiger partial charge in [0.15, 0.2) is 0 Å². The lowest BCUT2D eigenvalue weighted by molar-refractivity contribution is -0.116. The molecule has 1 aliphatic rings. The summed E-state index contributed by atoms with van der Waals surface area (Å²) in [6.45, 7) is 1.97. The molecule has 1 atom stereocenters. The zero-order valence-corrected chi connectivity index (χ0v) is 14.7. The van der Waals surface area contributed by atoms with E-state index in [-0.39, 0.29) is 17.9 Å². The fourth-order valence-electron chi connectivity index (χ4n) is 3.26. The summed E-state index contributed by atoms with van der Waals surface area (Å²) in [5.74, 6) is 0.551. The predicted octanol–water partition coefficient (Wildman–Crippen LogP) is 3.84. The van der Waals surface area contributed by atoms with Crippen molar-refractivity contribution in [1.29, 1.82) is 0 Å². The van der Waals surface area contributed by atoms with Gasteiger partial charge in [-0.05, 0) is 42.3 Å². The molecule has 136 valence electrons. The van der Waals surface area contributed by atoms with Gasteiger partial charge in [0.05, 0.1) is 6.20 Å². The van der Waals surface area contributed by atoms with Crippen LogP contribution < -0.4 is 16.0 Å². The Morgan fingerprint density at radius 3 is 2.67 bits per heavy atom. The average Bonchev–Trinajstić information content (AvgIpc) is 3.10. The second-order valence-electron chi connectivity index (χ2n) is 6.58. The number of carbonyl (C=O) groups is 2. The summed E-state index contributed by atoms with van der Waals surface area (Å²) in [7, 11) is 0. The van der Waals surface area contributed by atoms with Crippen LogP contribution in [0.2, 0.25) is 0 Å². The number of benzene rings is 2. The number of hydrogen-bond donors (Lipinski definition) is 4. The van der Waals surface area contributed by atoms with E-state index in [0.29, 0.717) is 17.9 Å². The number of anilines is 3. The molecule has 0 radical (unpaired) electrons. The summed E-state index contributed by atoms with van der Waals surface area (Å²) in [4.78, 5) is 24.1. The lowest BCUT2D eigenvalue weighted by Gasteiger charge is -2.22. The Labute approximate surface area is 156 Å². The number of aromatic nitrogens is 2. The molecule has 4 N–H and O–H groups in total. The SMILES string of the molecule is Cc1cccc(NC(=O)Nc2ccc(C3CC(=O)Nc4[nH]ncc43)cc2)c1. The molecule has 0 saturated heterocycles. The van der Waals surface area contributed by atoms with Crippen LogP contribution in [0.15, 0.2) is 54.7 Å². The van der Waals surface area contributed by atoms with E-state index in [0.717, 1.165) is 22.4 Å². The van der Waals surface area contributed by atoms with E-state index in [1.165, 1.54) is 0 Å². The van der Waals surface area contributed by atoms with Gasteiger partial charge in [-0.15, -0.1) is 0 Å². The Balaban J connectivity index is 1.45. The molecule has 7 heteroatoms. The highest BCUT2D eigenvalue weighted by atomic mass is 16.2. The second kappa shape index (κ2) is 6.95. The lowest BCUT2D eigenvalue weighted by atomic mass is 9.87. The van der Waals surface area contributed by atoms with Gasteiger partial charge in [-0.2, -0.15) is 5.10 Å². The zero-order chi connectivity index (χ0) is 18.8. The van der Waals surface area contributed by atoms with Gasteiger partial charge in [0, 0.05) is 29.3 Å². The first-order chi connectivity index (χ1) is 13.1. The number of amides is 3. The van der Waals surface area contributed by atoms with Gasteiger partial charge in [0.2, 0.25) is 5.91 Å². The van der Waals surface area contributed by atoms with Crippen molar-refractivity contribution in [1.82, 2.24) is 10.2 Å². The molecular weight excluding hydrogens is 342 g/mol. The Hall–Kier alpha value is -3.61. The van der Waals surface area contributed by atoms with Crippen molar-refractivity contribution in [2.45, 2.75) is 19.3 Å². The van der Waals surface area contributed by atoms with Gasteiger partial charge in [-0.25, -0.2) is 4.79 Å². The number of hydrogen-bond acceptors (Lipinski definition) is 3. The van der Waals surface area contributed by atoms with Crippen molar-refractivity contribution in [3.05, 3.63) is 71.4 Å². The van der Waals surface area contributed by atoms with Gasteiger partial charge >= 0.3 is 6.03 Å². The largest absolute Gasteiger partial charge is 0.323 e. The average molecular weight is 361 g/mol. The number of H-pyrrole nitrogens is 1. The van der Waals surface area contributed by atoms with E-state index in [1.807, 2.05) is 55.5 Å². The fourth-order valence-corrected chi connectivity index (χ4v) is 3.26. The van der Waals surface area contributed by atoms with Crippen LogP contribution in [0.1, 0.15) is 29.0 Å². The van der Waals surface area contributed by atoms with Crippen molar-refractivity contribution in [3.63, 3.8) is 0 Å². The Morgan fingerprint density at radius 2 is 1.89 bits per heavy atom. The van der Waals surface area contributed by atoms with Gasteiger partial charge in [0.1, 0.15) is 5.82 Å². The van der Waals surface area contributed by atoms with Crippen LogP contribution in [0.5, 0.6) is 0 Å². The third kappa shape index (κ3) is 3.67. The molecule has 1 aliphatic heterocycles. The highest BCUT2D eigenvalue weighted by Gasteiger charge is 2.27. The van der Waals surface area contributed by atoms with Crippen LogP contribution in [0.4, 0.5) is 22.0 Å². The lowest BCUT2D eigenvalue weighted by Crippen LogP contribution is -2.23. The molecule has 0 spiro atoms. The molecule has 4 rings (SSSR count). The number of urea groups is 1. The molecule has 27 heavy (non-hydrogen) atoms. The first-order valence-electron chi connectivity index (χ1n) is 8.66. The molecule has 0 aliphatic carbocycles. The minimum atomic E-state index is -0.303. The molecule has 7 nitrogen and oxygen atoms in total. The van der Waals surface area contributed by atoms with Gasteiger partial charge < -0.3 is 16.0 Å². The number of carbonyl (C=O) groups excluding carboxylic acids is 2. The smallest absolute Gasteiger partial charge is 0.311 e. The molecule has 3 aromatic rings. The molecule has 0 bridgehead atoms. The topological polar surface area (TPSA) is 98.9 Å². The zero-order valence-electron chi connectivity index (χ0n) is 14.7. The van der Waals surface area contributed by atoms with E-state index in [9.17, 15) is 9.59 Å². The van der Waals surface area contributed by atoms with Gasteiger partial charge in [-0.3, -0.25) is 9.89 Å². The third-order valence-electron chi connectivity index (χ3n) is 4.54. The molecule has 1 aromatic heterocycles. The Kier molecular flexibility index (Phi) is 4.33. The molecule has 0 saturated carbocycles. The normalized spacial score (nSPS) is 15.6. The van der Waals surface area contributed by atoms with Crippen molar-refractivity contribution in [3.8, 4) is 0 Å². The predicted molar refractivity (Wildman–Crippen MR) is 104 cm³/mol. The first kappa shape index (κ1) is 16.8. The van der Waals surface area contributed by atoms with Crippen molar-refractivity contribution < 1.29 is 9.59 Å². The second-order valence-corrected chi connectivity index (χ2v) is 6.58. The van der Waals surface area contributed by atoms with Crippen molar-refractivity contribution >= 4 is 29.1 Å². The summed E-state index contributed by atoms with van der Waals surface area (Å²) in [6.07, 6.45) is 2.11. The molecule has 2 aromatic carbocycles. The summed E-state index contributed by atoms with van der Waals surface area (Å²) in [6, 6.07) is 14.8. The highest BCUT2D eigenvalue weighted by Crippen LogP contribution is 2.35. The monoisotopic (exact) mass is 361 g/mol. The Morgan fingerprint density at radius 1 is 1.11 bits per heavy atom. The number of aryl methyl sites for hydroxylation is 1. The summed E-state index contributed by atoms with van der Waals surface area (Å²) in [5, 5.41) is 15.2. The Bertz CT molecular complexity index is 994.